The molecule has 7 N–H and O–H groups in total. The molecule has 3 rings (SSSR count). The molecule has 0 spiro atoms. The molecule has 1 aromatic rings. The third-order valence-electron chi connectivity index (χ3n) is 6.27. The summed E-state index contributed by atoms with van der Waals surface area (Å²) >= 11 is 0. The largest absolute Gasteiger partial charge is 0.480 e. The van der Waals surface area contributed by atoms with Crippen molar-refractivity contribution in [1.29, 1.82) is 0 Å². The van der Waals surface area contributed by atoms with Gasteiger partial charge in [-0.25, -0.2) is 0 Å². The lowest BCUT2D eigenvalue weighted by Crippen LogP contribution is -2.57. The van der Waals surface area contributed by atoms with Gasteiger partial charge in [-0.1, -0.05) is 36.8 Å². The van der Waals surface area contributed by atoms with E-state index in [4.69, 9.17) is 26.3 Å². The second kappa shape index (κ2) is 10.1. The highest BCUT2D eigenvalue weighted by Crippen LogP contribution is 2.34. The Hall–Kier alpha value is -1.58. The monoisotopic (exact) mass is 470 g/mol. The fourth-order valence-electron chi connectivity index (χ4n) is 4.35. The molecule has 1 aromatic carbocycles. The highest BCUT2D eigenvalue weighted by Gasteiger charge is 2.54. The Morgan fingerprint density at radius 2 is 1.97 bits per heavy atom. The Morgan fingerprint density at radius 3 is 2.53 bits per heavy atom. The molecule has 0 aliphatic carbocycles. The number of carbonyl (C=O) groups is 1. The summed E-state index contributed by atoms with van der Waals surface area (Å²) in [4.78, 5) is 12.0. The Balaban J connectivity index is 1.87. The molecule has 32 heavy (non-hydrogen) atoms. The molecule has 2 saturated heterocycles. The van der Waals surface area contributed by atoms with Gasteiger partial charge in [-0.05, 0) is 18.3 Å². The summed E-state index contributed by atoms with van der Waals surface area (Å²) in [5.41, 5.74) is 11.3. The zero-order chi connectivity index (χ0) is 23.5. The van der Waals surface area contributed by atoms with Crippen LogP contribution in [-0.4, -0.2) is 89.2 Å². The Morgan fingerprint density at radius 1 is 1.28 bits per heavy atom. The molecule has 0 bridgehead atoms. The Kier molecular flexibility index (Phi) is 7.94. The molecule has 2 unspecified atom stereocenters. The first-order valence-electron chi connectivity index (χ1n) is 10.6. The first-order chi connectivity index (χ1) is 15.1. The van der Waals surface area contributed by atoms with E-state index in [0.717, 1.165) is 9.87 Å². The molecule has 13 heteroatoms. The van der Waals surface area contributed by atoms with E-state index in [1.54, 1.807) is 12.1 Å². The summed E-state index contributed by atoms with van der Waals surface area (Å²) in [6, 6.07) is 7.95. The van der Waals surface area contributed by atoms with Crippen LogP contribution in [-0.2, 0) is 26.3 Å². The number of carboxylic acid groups (broad SMARTS) is 1. The van der Waals surface area contributed by atoms with Crippen LogP contribution in [0.3, 0.4) is 0 Å². The highest BCUT2D eigenvalue weighted by atomic mass is 32.2. The lowest BCUT2D eigenvalue weighted by atomic mass is 9.78. The smallest absolute Gasteiger partial charge is 0.451 e. The van der Waals surface area contributed by atoms with Gasteiger partial charge in [0, 0.05) is 31.6 Å². The van der Waals surface area contributed by atoms with Crippen LogP contribution in [0.4, 0.5) is 0 Å². The van der Waals surface area contributed by atoms with E-state index >= 15 is 0 Å². The number of ether oxygens (including phenoxy) is 1. The van der Waals surface area contributed by atoms with Gasteiger partial charge in [0.05, 0.1) is 19.3 Å². The van der Waals surface area contributed by atoms with Crippen LogP contribution in [0.2, 0.25) is 6.32 Å². The minimum Gasteiger partial charge on any atom is -0.480 e. The van der Waals surface area contributed by atoms with Gasteiger partial charge in [-0.3, -0.25) is 4.79 Å². The minimum absolute atomic E-state index is 0.0490. The lowest BCUT2D eigenvalue weighted by molar-refractivity contribution is -0.144. The SMILES string of the molecule is NC1COCC1N(Cc1ccccc1)S(=O)(=O)N1C[C@H](CCCB(O)O)[C@](N)(C(=O)O)C1. The van der Waals surface area contributed by atoms with Crippen molar-refractivity contribution >= 4 is 23.3 Å². The fourth-order valence-corrected chi connectivity index (χ4v) is 6.26. The van der Waals surface area contributed by atoms with Crippen molar-refractivity contribution in [3.05, 3.63) is 35.9 Å². The van der Waals surface area contributed by atoms with Gasteiger partial charge in [0.15, 0.2) is 0 Å². The van der Waals surface area contributed by atoms with Crippen LogP contribution in [0.25, 0.3) is 0 Å². The molecular weight excluding hydrogens is 439 g/mol. The van der Waals surface area contributed by atoms with E-state index < -0.39 is 46.8 Å². The van der Waals surface area contributed by atoms with Gasteiger partial charge < -0.3 is 31.4 Å². The molecule has 178 valence electrons. The second-order valence-corrected chi connectivity index (χ2v) is 10.4. The van der Waals surface area contributed by atoms with Crippen molar-refractivity contribution in [1.82, 2.24) is 8.61 Å². The molecule has 2 fully saturated rings. The topological polar surface area (TPSA) is 180 Å². The molecule has 0 saturated carbocycles. The van der Waals surface area contributed by atoms with Gasteiger partial charge in [0.2, 0.25) is 0 Å². The maximum atomic E-state index is 13.7. The maximum absolute atomic E-state index is 13.7. The molecule has 0 aromatic heterocycles. The van der Waals surface area contributed by atoms with Crippen molar-refractivity contribution in [3.63, 3.8) is 0 Å². The molecule has 2 heterocycles. The first-order valence-corrected chi connectivity index (χ1v) is 12.0. The van der Waals surface area contributed by atoms with E-state index in [-0.39, 0.29) is 45.6 Å². The second-order valence-electron chi connectivity index (χ2n) is 8.55. The zero-order valence-corrected chi connectivity index (χ0v) is 18.6. The summed E-state index contributed by atoms with van der Waals surface area (Å²) in [5.74, 6) is -1.97. The van der Waals surface area contributed by atoms with Gasteiger partial charge in [0.1, 0.15) is 5.54 Å². The van der Waals surface area contributed by atoms with Gasteiger partial charge >= 0.3 is 13.1 Å². The van der Waals surface area contributed by atoms with E-state index in [0.29, 0.717) is 6.42 Å². The van der Waals surface area contributed by atoms with Crippen molar-refractivity contribution in [2.24, 2.45) is 17.4 Å². The molecular formula is C19H31BN4O7S. The number of rotatable bonds is 10. The molecule has 4 atom stereocenters. The van der Waals surface area contributed by atoms with E-state index in [1.165, 1.54) is 4.31 Å². The predicted octanol–water partition coefficient (Wildman–Crippen LogP) is -1.57. The maximum Gasteiger partial charge on any atom is 0.451 e. The summed E-state index contributed by atoms with van der Waals surface area (Å²) in [6.45, 7) is -0.0293. The van der Waals surface area contributed by atoms with Crippen LogP contribution < -0.4 is 11.5 Å². The van der Waals surface area contributed by atoms with Crippen LogP contribution in [0.15, 0.2) is 30.3 Å². The fraction of sp³-hybridized carbons (Fsp3) is 0.632. The average Bonchev–Trinajstić information content (AvgIpc) is 3.31. The number of hydrogen-bond acceptors (Lipinski definition) is 8. The zero-order valence-electron chi connectivity index (χ0n) is 17.8. The molecule has 0 radical (unpaired) electrons. The summed E-state index contributed by atoms with van der Waals surface area (Å²) in [7, 11) is -5.64. The summed E-state index contributed by atoms with van der Waals surface area (Å²) < 4.78 is 35.2. The first kappa shape index (κ1) is 25.1. The van der Waals surface area contributed by atoms with Crippen molar-refractivity contribution in [2.45, 2.75) is 43.3 Å². The number of nitrogens with zero attached hydrogens (tertiary/aromatic N) is 2. The molecule has 2 aliphatic rings. The van der Waals surface area contributed by atoms with E-state index in [2.05, 4.69) is 0 Å². The van der Waals surface area contributed by atoms with E-state index in [1.807, 2.05) is 18.2 Å². The van der Waals surface area contributed by atoms with Gasteiger partial charge in [-0.15, -0.1) is 0 Å². The Bertz CT molecular complexity index is 891. The number of aliphatic carboxylic acids is 1. The standard InChI is InChI=1S/C19H31BN4O7S/c21-16-11-31-12-17(16)24(9-14-5-2-1-3-6-14)32(29,30)23-10-15(7-4-8-20(27)28)19(22,13-23)18(25)26/h1-3,5-6,15-17,27-28H,4,7-13,21-22H2,(H,25,26)/t15-,16?,17?,19-/m0/s1. The van der Waals surface area contributed by atoms with Gasteiger partial charge in [0.25, 0.3) is 10.2 Å². The van der Waals surface area contributed by atoms with Crippen LogP contribution >= 0.6 is 0 Å². The quantitative estimate of drug-likeness (QED) is 0.252. The van der Waals surface area contributed by atoms with Gasteiger partial charge in [-0.2, -0.15) is 17.0 Å². The molecule has 0 amide bonds. The average molecular weight is 470 g/mol. The minimum atomic E-state index is -4.13. The van der Waals surface area contributed by atoms with Crippen molar-refractivity contribution < 1.29 is 33.1 Å². The summed E-state index contributed by atoms with van der Waals surface area (Å²) in [6.07, 6.45) is 0.599. The molecule has 11 nitrogen and oxygen atoms in total. The Labute approximate surface area is 188 Å². The van der Waals surface area contributed by atoms with E-state index in [9.17, 15) is 18.3 Å². The van der Waals surface area contributed by atoms with Crippen molar-refractivity contribution in [2.75, 3.05) is 26.3 Å². The molecule has 2 aliphatic heterocycles. The highest BCUT2D eigenvalue weighted by molar-refractivity contribution is 7.86. The van der Waals surface area contributed by atoms with Crippen molar-refractivity contribution in [3.8, 4) is 0 Å². The number of hydrogen-bond donors (Lipinski definition) is 5. The predicted molar refractivity (Wildman–Crippen MR) is 117 cm³/mol. The lowest BCUT2D eigenvalue weighted by Gasteiger charge is -2.33. The van der Waals surface area contributed by atoms with Crippen LogP contribution in [0, 0.1) is 5.92 Å². The third-order valence-corrected chi connectivity index (χ3v) is 8.19. The summed E-state index contributed by atoms with van der Waals surface area (Å²) in [5, 5.41) is 27.9. The van der Waals surface area contributed by atoms with Crippen LogP contribution in [0.5, 0.6) is 0 Å². The third kappa shape index (κ3) is 5.31. The number of carboxylic acids is 1. The number of nitrogens with two attached hydrogens (primary N) is 2. The normalized spacial score (nSPS) is 29.0. The number of benzene rings is 1. The van der Waals surface area contributed by atoms with Crippen LogP contribution in [0.1, 0.15) is 18.4 Å².